The summed E-state index contributed by atoms with van der Waals surface area (Å²) in [5, 5.41) is 15.2. The first-order chi connectivity index (χ1) is 13.6. The van der Waals surface area contributed by atoms with Crippen LogP contribution in [0.2, 0.25) is 0 Å². The Bertz CT molecular complexity index is 939. The van der Waals surface area contributed by atoms with Gasteiger partial charge in [-0.15, -0.1) is 0 Å². The van der Waals surface area contributed by atoms with Gasteiger partial charge in [0.25, 0.3) is 0 Å². The topological polar surface area (TPSA) is 59.8 Å². The van der Waals surface area contributed by atoms with Gasteiger partial charge in [-0.2, -0.15) is 5.10 Å². The number of aryl methyl sites for hydroxylation is 1. The molecule has 0 spiro atoms. The summed E-state index contributed by atoms with van der Waals surface area (Å²) in [4.78, 5) is 2.11. The smallest absolute Gasteiger partial charge is 0.162 e. The SMILES string of the molecule is CN(Cc1cn(C)nc1-c1ccc2c(c1)OCCO2)CC(O)c1ccccc1. The van der Waals surface area contributed by atoms with Gasteiger partial charge in [0.1, 0.15) is 13.2 Å². The van der Waals surface area contributed by atoms with Crippen molar-refractivity contribution in [2.24, 2.45) is 7.05 Å². The maximum absolute atomic E-state index is 10.5. The van der Waals surface area contributed by atoms with E-state index in [1.54, 1.807) is 0 Å². The molecule has 1 atom stereocenters. The monoisotopic (exact) mass is 379 g/mol. The molecule has 0 amide bonds. The standard InChI is InChI=1S/C22H25N3O3/c1-24(15-19(26)16-6-4-3-5-7-16)13-18-14-25(2)23-22(18)17-8-9-20-21(12-17)28-11-10-27-20/h3-9,12,14,19,26H,10-11,13,15H2,1-2H3. The number of hydrogen-bond donors (Lipinski definition) is 1. The van der Waals surface area contributed by atoms with Crippen molar-refractivity contribution in [3.05, 3.63) is 65.9 Å². The lowest BCUT2D eigenvalue weighted by Crippen LogP contribution is -2.24. The summed E-state index contributed by atoms with van der Waals surface area (Å²) in [6, 6.07) is 15.7. The van der Waals surface area contributed by atoms with Crippen molar-refractivity contribution in [1.82, 2.24) is 14.7 Å². The quantitative estimate of drug-likeness (QED) is 0.713. The second kappa shape index (κ2) is 8.04. The molecule has 0 saturated carbocycles. The zero-order valence-electron chi connectivity index (χ0n) is 16.2. The van der Waals surface area contributed by atoms with Crippen LogP contribution in [0.15, 0.2) is 54.7 Å². The Balaban J connectivity index is 1.51. The molecule has 1 aliphatic heterocycles. The molecule has 6 heteroatoms. The number of aromatic nitrogens is 2. The molecular formula is C22H25N3O3. The van der Waals surface area contributed by atoms with Gasteiger partial charge in [-0.1, -0.05) is 30.3 Å². The fraction of sp³-hybridized carbons (Fsp3) is 0.318. The van der Waals surface area contributed by atoms with Gasteiger partial charge >= 0.3 is 0 Å². The van der Waals surface area contributed by atoms with Crippen molar-refractivity contribution in [3.8, 4) is 22.8 Å². The van der Waals surface area contributed by atoms with Gasteiger partial charge in [-0.05, 0) is 30.8 Å². The van der Waals surface area contributed by atoms with E-state index in [4.69, 9.17) is 9.47 Å². The van der Waals surface area contributed by atoms with Crippen molar-refractivity contribution in [1.29, 1.82) is 0 Å². The van der Waals surface area contributed by atoms with Gasteiger partial charge < -0.3 is 14.6 Å². The first-order valence-electron chi connectivity index (χ1n) is 9.44. The lowest BCUT2D eigenvalue weighted by atomic mass is 10.1. The second-order valence-electron chi connectivity index (χ2n) is 7.16. The summed E-state index contributed by atoms with van der Waals surface area (Å²) < 4.78 is 13.1. The molecule has 0 saturated heterocycles. The lowest BCUT2D eigenvalue weighted by molar-refractivity contribution is 0.124. The number of likely N-dealkylation sites (N-methyl/N-ethyl adjacent to an activating group) is 1. The summed E-state index contributed by atoms with van der Waals surface area (Å²) >= 11 is 0. The Morgan fingerprint density at radius 3 is 2.64 bits per heavy atom. The number of fused-ring (bicyclic) bond motifs is 1. The Kier molecular flexibility index (Phi) is 5.32. The molecular weight excluding hydrogens is 354 g/mol. The van der Waals surface area contributed by atoms with Gasteiger partial charge in [0.15, 0.2) is 11.5 Å². The lowest BCUT2D eigenvalue weighted by Gasteiger charge is -2.21. The van der Waals surface area contributed by atoms with Crippen LogP contribution < -0.4 is 9.47 Å². The van der Waals surface area contributed by atoms with E-state index in [1.165, 1.54) is 0 Å². The minimum Gasteiger partial charge on any atom is -0.486 e. The highest BCUT2D eigenvalue weighted by molar-refractivity contribution is 5.66. The van der Waals surface area contributed by atoms with Crippen molar-refractivity contribution in [2.45, 2.75) is 12.6 Å². The van der Waals surface area contributed by atoms with Crippen LogP contribution in [-0.4, -0.2) is 46.6 Å². The number of rotatable bonds is 6. The van der Waals surface area contributed by atoms with E-state index in [2.05, 4.69) is 10.00 Å². The van der Waals surface area contributed by atoms with Crippen molar-refractivity contribution >= 4 is 0 Å². The van der Waals surface area contributed by atoms with Crippen LogP contribution in [0.3, 0.4) is 0 Å². The maximum Gasteiger partial charge on any atom is 0.162 e. The highest BCUT2D eigenvalue weighted by atomic mass is 16.6. The van der Waals surface area contributed by atoms with E-state index < -0.39 is 6.10 Å². The third-order valence-electron chi connectivity index (χ3n) is 4.83. The Morgan fingerprint density at radius 1 is 1.11 bits per heavy atom. The summed E-state index contributed by atoms with van der Waals surface area (Å²) in [5.41, 5.74) is 3.94. The molecule has 146 valence electrons. The van der Waals surface area contributed by atoms with Gasteiger partial charge in [-0.3, -0.25) is 9.58 Å². The molecule has 2 aromatic carbocycles. The van der Waals surface area contributed by atoms with E-state index in [1.807, 2.05) is 73.5 Å². The van der Waals surface area contributed by atoms with Crippen LogP contribution in [0.4, 0.5) is 0 Å². The molecule has 6 nitrogen and oxygen atoms in total. The molecule has 1 aliphatic rings. The van der Waals surface area contributed by atoms with Crippen molar-refractivity contribution < 1.29 is 14.6 Å². The Morgan fingerprint density at radius 2 is 1.86 bits per heavy atom. The highest BCUT2D eigenvalue weighted by Crippen LogP contribution is 2.35. The average molecular weight is 379 g/mol. The van der Waals surface area contributed by atoms with Crippen molar-refractivity contribution in [3.63, 3.8) is 0 Å². The number of ether oxygens (including phenoxy) is 2. The van der Waals surface area contributed by atoms with Crippen LogP contribution in [-0.2, 0) is 13.6 Å². The fourth-order valence-corrected chi connectivity index (χ4v) is 3.52. The molecule has 28 heavy (non-hydrogen) atoms. The molecule has 1 unspecified atom stereocenters. The minimum atomic E-state index is -0.527. The summed E-state index contributed by atoms with van der Waals surface area (Å²) in [6.07, 6.45) is 1.50. The fourth-order valence-electron chi connectivity index (χ4n) is 3.52. The normalized spacial score (nSPS) is 14.3. The third-order valence-corrected chi connectivity index (χ3v) is 4.83. The first kappa shape index (κ1) is 18.5. The molecule has 1 N–H and O–H groups in total. The van der Waals surface area contributed by atoms with Gasteiger partial charge in [0.05, 0.1) is 11.8 Å². The summed E-state index contributed by atoms with van der Waals surface area (Å²) in [5.74, 6) is 1.53. The predicted molar refractivity (Wildman–Crippen MR) is 107 cm³/mol. The van der Waals surface area contributed by atoms with E-state index >= 15 is 0 Å². The second-order valence-corrected chi connectivity index (χ2v) is 7.16. The molecule has 0 radical (unpaired) electrons. The summed E-state index contributed by atoms with van der Waals surface area (Å²) in [7, 11) is 3.93. The van der Waals surface area contributed by atoms with Gasteiger partial charge in [-0.25, -0.2) is 0 Å². The molecule has 2 heterocycles. The van der Waals surface area contributed by atoms with Gasteiger partial charge in [0, 0.05) is 37.5 Å². The van der Waals surface area contributed by atoms with Crippen LogP contribution in [0.1, 0.15) is 17.2 Å². The molecule has 0 bridgehead atoms. The predicted octanol–water partition coefficient (Wildman–Crippen LogP) is 3.02. The van der Waals surface area contributed by atoms with Gasteiger partial charge in [0.2, 0.25) is 0 Å². The number of aliphatic hydroxyl groups excluding tert-OH is 1. The molecule has 0 aliphatic carbocycles. The summed E-state index contributed by atoms with van der Waals surface area (Å²) in [6.45, 7) is 2.36. The van der Waals surface area contributed by atoms with Crippen LogP contribution in [0.25, 0.3) is 11.3 Å². The minimum absolute atomic E-state index is 0.527. The highest BCUT2D eigenvalue weighted by Gasteiger charge is 2.18. The number of hydrogen-bond acceptors (Lipinski definition) is 5. The zero-order valence-corrected chi connectivity index (χ0v) is 16.2. The molecule has 3 aromatic rings. The number of benzene rings is 2. The number of aliphatic hydroxyl groups is 1. The van der Waals surface area contributed by atoms with E-state index in [9.17, 15) is 5.11 Å². The molecule has 0 fully saturated rings. The van der Waals surface area contributed by atoms with Crippen LogP contribution in [0, 0.1) is 0 Å². The Hall–Kier alpha value is -2.83. The van der Waals surface area contributed by atoms with E-state index in [-0.39, 0.29) is 0 Å². The molecule has 1 aromatic heterocycles. The average Bonchev–Trinajstić information content (AvgIpc) is 3.08. The largest absolute Gasteiger partial charge is 0.486 e. The van der Waals surface area contributed by atoms with E-state index in [0.717, 1.165) is 33.9 Å². The molecule has 4 rings (SSSR count). The van der Waals surface area contributed by atoms with E-state index in [0.29, 0.717) is 26.3 Å². The zero-order chi connectivity index (χ0) is 19.5. The third kappa shape index (κ3) is 4.03. The van der Waals surface area contributed by atoms with Crippen molar-refractivity contribution in [2.75, 3.05) is 26.8 Å². The first-order valence-corrected chi connectivity index (χ1v) is 9.44. The number of nitrogens with zero attached hydrogens (tertiary/aromatic N) is 3. The Labute approximate surface area is 164 Å². The van der Waals surface area contributed by atoms with Crippen LogP contribution >= 0.6 is 0 Å². The van der Waals surface area contributed by atoms with Crippen LogP contribution in [0.5, 0.6) is 11.5 Å². The maximum atomic E-state index is 10.5.